The van der Waals surface area contributed by atoms with Gasteiger partial charge in [0.2, 0.25) is 0 Å². The number of hydrogen-bond donors (Lipinski definition) is 0. The molecular formula is C15H15N5O. The lowest BCUT2D eigenvalue weighted by molar-refractivity contribution is -0.0298. The van der Waals surface area contributed by atoms with E-state index in [9.17, 15) is 0 Å². The van der Waals surface area contributed by atoms with Gasteiger partial charge in [0.05, 0.1) is 6.33 Å². The summed E-state index contributed by atoms with van der Waals surface area (Å²) in [6, 6.07) is 3.87. The summed E-state index contributed by atoms with van der Waals surface area (Å²) in [5.41, 5.74) is 3.36. The predicted octanol–water partition coefficient (Wildman–Crippen LogP) is 2.59. The summed E-state index contributed by atoms with van der Waals surface area (Å²) in [6.45, 7) is 0.797. The van der Waals surface area contributed by atoms with Crippen LogP contribution in [0.4, 0.5) is 0 Å². The van der Waals surface area contributed by atoms with Crippen molar-refractivity contribution in [3.63, 3.8) is 0 Å². The van der Waals surface area contributed by atoms with Gasteiger partial charge >= 0.3 is 0 Å². The van der Waals surface area contributed by atoms with Gasteiger partial charge in [0.15, 0.2) is 5.65 Å². The minimum Gasteiger partial charge on any atom is -0.358 e. The number of hydrogen-bond acceptors (Lipinski definition) is 5. The number of imidazole rings is 1. The second-order valence-electron chi connectivity index (χ2n) is 5.11. The Kier molecular flexibility index (Phi) is 3.08. The standard InChI is InChI=1S/C15H15N5O/c1-2-7-21-12(5-1)20-10-19-14-13(17-9-18-15(14)20)11-4-3-6-16-8-11/h3-4,6,8-10,12H,1-2,5,7H2. The Hall–Kier alpha value is -2.34. The molecule has 21 heavy (non-hydrogen) atoms. The zero-order valence-corrected chi connectivity index (χ0v) is 11.5. The summed E-state index contributed by atoms with van der Waals surface area (Å²) in [4.78, 5) is 17.4. The fourth-order valence-corrected chi connectivity index (χ4v) is 2.72. The van der Waals surface area contributed by atoms with Gasteiger partial charge in [-0.3, -0.25) is 9.55 Å². The summed E-state index contributed by atoms with van der Waals surface area (Å²) in [5, 5.41) is 0. The van der Waals surface area contributed by atoms with Crippen LogP contribution in [-0.4, -0.2) is 31.1 Å². The Morgan fingerprint density at radius 1 is 1.19 bits per heavy atom. The zero-order chi connectivity index (χ0) is 14.1. The maximum Gasteiger partial charge on any atom is 0.165 e. The molecule has 3 aromatic rings. The number of fused-ring (bicyclic) bond motifs is 1. The Bertz CT molecular complexity index is 749. The molecule has 0 amide bonds. The Labute approximate surface area is 121 Å². The molecule has 0 spiro atoms. The van der Waals surface area contributed by atoms with E-state index in [0.29, 0.717) is 0 Å². The molecule has 4 heterocycles. The van der Waals surface area contributed by atoms with Crippen LogP contribution in [0.25, 0.3) is 22.4 Å². The molecule has 0 N–H and O–H groups in total. The average Bonchev–Trinajstić information content (AvgIpc) is 3.00. The first kappa shape index (κ1) is 12.4. The van der Waals surface area contributed by atoms with Gasteiger partial charge in [-0.1, -0.05) is 0 Å². The topological polar surface area (TPSA) is 65.7 Å². The Morgan fingerprint density at radius 2 is 2.19 bits per heavy atom. The first-order valence-electron chi connectivity index (χ1n) is 7.13. The highest BCUT2D eigenvalue weighted by atomic mass is 16.5. The van der Waals surface area contributed by atoms with E-state index >= 15 is 0 Å². The molecule has 1 aliphatic heterocycles. The molecule has 1 fully saturated rings. The maximum atomic E-state index is 5.83. The van der Waals surface area contributed by atoms with E-state index in [-0.39, 0.29) is 6.23 Å². The van der Waals surface area contributed by atoms with Gasteiger partial charge in [-0.2, -0.15) is 0 Å². The number of aromatic nitrogens is 5. The average molecular weight is 281 g/mol. The van der Waals surface area contributed by atoms with Gasteiger partial charge in [0.25, 0.3) is 0 Å². The Morgan fingerprint density at radius 3 is 3.00 bits per heavy atom. The second kappa shape index (κ2) is 5.21. The quantitative estimate of drug-likeness (QED) is 0.722. The third-order valence-electron chi connectivity index (χ3n) is 3.76. The van der Waals surface area contributed by atoms with Gasteiger partial charge in [0.1, 0.15) is 23.8 Å². The molecule has 6 heteroatoms. The molecule has 0 saturated carbocycles. The predicted molar refractivity (Wildman–Crippen MR) is 77.4 cm³/mol. The van der Waals surface area contributed by atoms with Gasteiger partial charge in [-0.25, -0.2) is 15.0 Å². The van der Waals surface area contributed by atoms with E-state index in [4.69, 9.17) is 4.74 Å². The molecule has 1 unspecified atom stereocenters. The summed E-state index contributed by atoms with van der Waals surface area (Å²) in [7, 11) is 0. The highest BCUT2D eigenvalue weighted by Gasteiger charge is 2.20. The highest BCUT2D eigenvalue weighted by Crippen LogP contribution is 2.28. The molecule has 4 rings (SSSR count). The molecule has 0 bridgehead atoms. The van der Waals surface area contributed by atoms with Crippen molar-refractivity contribution in [2.45, 2.75) is 25.5 Å². The third-order valence-corrected chi connectivity index (χ3v) is 3.76. The minimum atomic E-state index is 0.0281. The van der Waals surface area contributed by atoms with Crippen molar-refractivity contribution in [2.75, 3.05) is 6.61 Å². The fourth-order valence-electron chi connectivity index (χ4n) is 2.72. The van der Waals surface area contributed by atoms with Crippen LogP contribution >= 0.6 is 0 Å². The number of ether oxygens (including phenoxy) is 1. The highest BCUT2D eigenvalue weighted by molar-refractivity contribution is 5.86. The van der Waals surface area contributed by atoms with Crippen molar-refractivity contribution in [3.8, 4) is 11.3 Å². The van der Waals surface area contributed by atoms with Crippen molar-refractivity contribution in [3.05, 3.63) is 37.2 Å². The fraction of sp³-hybridized carbons (Fsp3) is 0.333. The van der Waals surface area contributed by atoms with E-state index in [0.717, 1.165) is 41.9 Å². The number of rotatable bonds is 2. The van der Waals surface area contributed by atoms with Crippen LogP contribution < -0.4 is 0 Å². The van der Waals surface area contributed by atoms with Crippen molar-refractivity contribution >= 4 is 11.2 Å². The molecule has 106 valence electrons. The maximum absolute atomic E-state index is 5.83. The first-order chi connectivity index (χ1) is 10.4. The van der Waals surface area contributed by atoms with Gasteiger partial charge in [-0.05, 0) is 31.4 Å². The summed E-state index contributed by atoms with van der Waals surface area (Å²) >= 11 is 0. The van der Waals surface area contributed by atoms with Crippen LogP contribution in [0.2, 0.25) is 0 Å². The molecule has 1 saturated heterocycles. The lowest BCUT2D eigenvalue weighted by atomic mass is 10.2. The molecule has 1 atom stereocenters. The van der Waals surface area contributed by atoms with Gasteiger partial charge in [-0.15, -0.1) is 0 Å². The largest absolute Gasteiger partial charge is 0.358 e. The van der Waals surface area contributed by atoms with E-state index in [1.54, 1.807) is 25.0 Å². The van der Waals surface area contributed by atoms with E-state index in [2.05, 4.69) is 19.9 Å². The zero-order valence-electron chi connectivity index (χ0n) is 11.5. The van der Waals surface area contributed by atoms with Crippen LogP contribution in [0.15, 0.2) is 37.2 Å². The van der Waals surface area contributed by atoms with Crippen LogP contribution in [0.5, 0.6) is 0 Å². The van der Waals surface area contributed by atoms with Crippen LogP contribution in [-0.2, 0) is 4.74 Å². The normalized spacial score (nSPS) is 19.0. The minimum absolute atomic E-state index is 0.0281. The van der Waals surface area contributed by atoms with Gasteiger partial charge in [0, 0.05) is 24.6 Å². The summed E-state index contributed by atoms with van der Waals surface area (Å²) in [5.74, 6) is 0. The summed E-state index contributed by atoms with van der Waals surface area (Å²) in [6.07, 6.45) is 10.2. The molecule has 0 aliphatic carbocycles. The molecule has 1 aliphatic rings. The first-order valence-corrected chi connectivity index (χ1v) is 7.13. The van der Waals surface area contributed by atoms with Crippen molar-refractivity contribution < 1.29 is 4.74 Å². The molecular weight excluding hydrogens is 266 g/mol. The van der Waals surface area contributed by atoms with Crippen molar-refractivity contribution in [1.82, 2.24) is 24.5 Å². The number of pyridine rings is 1. The van der Waals surface area contributed by atoms with Crippen LogP contribution in [0.1, 0.15) is 25.5 Å². The third kappa shape index (κ3) is 2.17. The second-order valence-corrected chi connectivity index (χ2v) is 5.11. The monoisotopic (exact) mass is 281 g/mol. The smallest absolute Gasteiger partial charge is 0.165 e. The molecule has 0 aromatic carbocycles. The molecule has 6 nitrogen and oxygen atoms in total. The van der Waals surface area contributed by atoms with Crippen LogP contribution in [0.3, 0.4) is 0 Å². The lowest BCUT2D eigenvalue weighted by Gasteiger charge is -2.23. The van der Waals surface area contributed by atoms with E-state index in [1.807, 2.05) is 16.7 Å². The molecule has 3 aromatic heterocycles. The van der Waals surface area contributed by atoms with Crippen molar-refractivity contribution in [2.24, 2.45) is 0 Å². The van der Waals surface area contributed by atoms with Gasteiger partial charge < -0.3 is 4.74 Å². The number of nitrogens with zero attached hydrogens (tertiary/aromatic N) is 5. The van der Waals surface area contributed by atoms with E-state index in [1.165, 1.54) is 6.42 Å². The lowest BCUT2D eigenvalue weighted by Crippen LogP contribution is -2.17. The van der Waals surface area contributed by atoms with Crippen molar-refractivity contribution in [1.29, 1.82) is 0 Å². The molecule has 0 radical (unpaired) electrons. The van der Waals surface area contributed by atoms with E-state index < -0.39 is 0 Å². The Balaban J connectivity index is 1.83. The van der Waals surface area contributed by atoms with Crippen LogP contribution in [0, 0.1) is 0 Å². The SMILES string of the molecule is c1cncc(-c2ncnc3c2ncn3C2CCCCO2)c1. The summed E-state index contributed by atoms with van der Waals surface area (Å²) < 4.78 is 7.84.